The van der Waals surface area contributed by atoms with Gasteiger partial charge in [0, 0.05) is 12.1 Å². The second-order valence-electron chi connectivity index (χ2n) is 5.85. The second kappa shape index (κ2) is 5.63. The summed E-state index contributed by atoms with van der Waals surface area (Å²) in [6.45, 7) is 8.35. The fourth-order valence-corrected chi connectivity index (χ4v) is 1.85. The van der Waals surface area contributed by atoms with Gasteiger partial charge in [-0.15, -0.1) is 0 Å². The van der Waals surface area contributed by atoms with Gasteiger partial charge in [-0.2, -0.15) is 0 Å². The molecule has 0 spiro atoms. The third-order valence-corrected chi connectivity index (χ3v) is 2.75. The molecule has 2 N–H and O–H groups in total. The molecule has 4 heteroatoms. The Hall–Kier alpha value is -0.900. The van der Waals surface area contributed by atoms with E-state index in [1.807, 2.05) is 27.7 Å². The molecule has 1 aliphatic carbocycles. The summed E-state index contributed by atoms with van der Waals surface area (Å²) < 4.78 is 0. The van der Waals surface area contributed by atoms with Crippen molar-refractivity contribution in [2.45, 2.75) is 58.5 Å². The number of amides is 1. The topological polar surface area (TPSA) is 58.2 Å². The number of nitrogens with one attached hydrogen (secondary N) is 2. The van der Waals surface area contributed by atoms with Crippen molar-refractivity contribution >= 4 is 11.7 Å². The average Bonchev–Trinajstić information content (AvgIpc) is 2.98. The molecule has 1 atom stereocenters. The Kier molecular flexibility index (Phi) is 4.69. The van der Waals surface area contributed by atoms with Gasteiger partial charge in [0.25, 0.3) is 5.91 Å². The van der Waals surface area contributed by atoms with Crippen molar-refractivity contribution in [3.05, 3.63) is 0 Å². The largest absolute Gasteiger partial charge is 0.350 e. The van der Waals surface area contributed by atoms with Crippen LogP contribution < -0.4 is 10.6 Å². The van der Waals surface area contributed by atoms with E-state index in [-0.39, 0.29) is 17.4 Å². The third-order valence-electron chi connectivity index (χ3n) is 2.75. The Labute approximate surface area is 104 Å². The number of Topliss-reactive ketones (excluding diaryl/α,β-unsaturated/α-hetero) is 1. The fraction of sp³-hybridized carbons (Fsp3) is 0.846. The minimum absolute atomic E-state index is 0.151. The lowest BCUT2D eigenvalue weighted by Gasteiger charge is -2.27. The summed E-state index contributed by atoms with van der Waals surface area (Å²) in [4.78, 5) is 23.6. The Morgan fingerprint density at radius 3 is 2.29 bits per heavy atom. The highest BCUT2D eigenvalue weighted by Gasteiger charge is 2.33. The molecular weight excluding hydrogens is 216 g/mol. The first-order valence-corrected chi connectivity index (χ1v) is 6.43. The van der Waals surface area contributed by atoms with Crippen molar-refractivity contribution in [3.63, 3.8) is 0 Å². The van der Waals surface area contributed by atoms with Crippen LogP contribution in [0.1, 0.15) is 47.0 Å². The molecule has 98 valence electrons. The van der Waals surface area contributed by atoms with Crippen molar-refractivity contribution in [2.24, 2.45) is 5.92 Å². The number of hydrogen-bond acceptors (Lipinski definition) is 3. The maximum Gasteiger partial charge on any atom is 0.289 e. The highest BCUT2D eigenvalue weighted by molar-refractivity contribution is 6.38. The van der Waals surface area contributed by atoms with Gasteiger partial charge in [-0.25, -0.2) is 0 Å². The monoisotopic (exact) mass is 240 g/mol. The molecule has 1 aliphatic rings. The molecule has 17 heavy (non-hydrogen) atoms. The van der Waals surface area contributed by atoms with Gasteiger partial charge >= 0.3 is 0 Å². The van der Waals surface area contributed by atoms with E-state index < -0.39 is 5.91 Å². The van der Waals surface area contributed by atoms with E-state index in [0.717, 1.165) is 6.42 Å². The molecule has 1 unspecified atom stereocenters. The third kappa shape index (κ3) is 5.31. The second-order valence-corrected chi connectivity index (χ2v) is 5.85. The summed E-state index contributed by atoms with van der Waals surface area (Å²) in [5, 5.41) is 5.83. The van der Waals surface area contributed by atoms with Crippen molar-refractivity contribution < 1.29 is 9.59 Å². The highest BCUT2D eigenvalue weighted by atomic mass is 16.2. The van der Waals surface area contributed by atoms with Gasteiger partial charge in [-0.05, 0) is 40.0 Å². The number of hydrogen-bond donors (Lipinski definition) is 2. The molecule has 1 fully saturated rings. The minimum Gasteiger partial charge on any atom is -0.350 e. The molecule has 0 aromatic carbocycles. The Morgan fingerprint density at radius 2 is 1.88 bits per heavy atom. The van der Waals surface area contributed by atoms with Gasteiger partial charge in [0.15, 0.2) is 0 Å². The maximum atomic E-state index is 12.0. The molecule has 0 aromatic rings. The number of rotatable bonds is 6. The van der Waals surface area contributed by atoms with Gasteiger partial charge in [0.2, 0.25) is 5.78 Å². The molecule has 0 aromatic heterocycles. The summed E-state index contributed by atoms with van der Waals surface area (Å²) in [5.41, 5.74) is -0.151. The van der Waals surface area contributed by atoms with E-state index in [1.165, 1.54) is 12.8 Å². The lowest BCUT2D eigenvalue weighted by Crippen LogP contribution is -2.52. The van der Waals surface area contributed by atoms with Gasteiger partial charge in [0.05, 0.1) is 6.04 Å². The molecule has 1 saturated carbocycles. The summed E-state index contributed by atoms with van der Waals surface area (Å²) in [7, 11) is 0. The van der Waals surface area contributed by atoms with Crippen molar-refractivity contribution in [1.82, 2.24) is 10.6 Å². The van der Waals surface area contributed by atoms with Gasteiger partial charge in [-0.3, -0.25) is 9.59 Å². The zero-order valence-corrected chi connectivity index (χ0v) is 11.3. The number of carbonyl (C=O) groups excluding carboxylic acids is 2. The average molecular weight is 240 g/mol. The van der Waals surface area contributed by atoms with E-state index >= 15 is 0 Å². The fourth-order valence-electron chi connectivity index (χ4n) is 1.85. The lowest BCUT2D eigenvalue weighted by atomic mass is 10.00. The van der Waals surface area contributed by atoms with Crippen LogP contribution in [0.4, 0.5) is 0 Å². The van der Waals surface area contributed by atoms with Crippen LogP contribution >= 0.6 is 0 Å². The van der Waals surface area contributed by atoms with Crippen LogP contribution in [-0.4, -0.2) is 29.8 Å². The first-order valence-electron chi connectivity index (χ1n) is 6.43. The van der Waals surface area contributed by atoms with Gasteiger partial charge in [0.1, 0.15) is 0 Å². The molecule has 0 heterocycles. The van der Waals surface area contributed by atoms with Gasteiger partial charge < -0.3 is 10.6 Å². The number of likely N-dealkylation sites (N-methyl/N-ethyl adjacent to an activating group) is 1. The SMILES string of the molecule is CCNC(=O)C(=O)C(CC1CC1)NC(C)(C)C. The first-order chi connectivity index (χ1) is 7.83. The van der Waals surface area contributed by atoms with Crippen LogP contribution in [0.15, 0.2) is 0 Å². The molecule has 1 amide bonds. The van der Waals surface area contributed by atoms with Crippen LogP contribution in [-0.2, 0) is 9.59 Å². The quantitative estimate of drug-likeness (QED) is 0.687. The predicted octanol–water partition coefficient (Wildman–Crippen LogP) is 1.25. The highest BCUT2D eigenvalue weighted by Crippen LogP contribution is 2.34. The van der Waals surface area contributed by atoms with Crippen LogP contribution in [0.25, 0.3) is 0 Å². The predicted molar refractivity (Wildman–Crippen MR) is 67.7 cm³/mol. The minimum atomic E-state index is -0.463. The van der Waals surface area contributed by atoms with Crippen LogP contribution in [0.5, 0.6) is 0 Å². The van der Waals surface area contributed by atoms with E-state index in [1.54, 1.807) is 0 Å². The molecule has 0 bridgehead atoms. The van der Waals surface area contributed by atoms with E-state index in [9.17, 15) is 9.59 Å². The van der Waals surface area contributed by atoms with Crippen LogP contribution in [0.3, 0.4) is 0 Å². The summed E-state index contributed by atoms with van der Waals surface area (Å²) in [6.07, 6.45) is 3.16. The first kappa shape index (κ1) is 14.2. The summed E-state index contributed by atoms with van der Waals surface area (Å²) >= 11 is 0. The summed E-state index contributed by atoms with van der Waals surface area (Å²) in [5.74, 6) is -0.170. The maximum absolute atomic E-state index is 12.0. The summed E-state index contributed by atoms with van der Waals surface area (Å²) in [6, 6.07) is -0.339. The standard InChI is InChI=1S/C13H24N2O2/c1-5-14-12(17)11(16)10(8-9-6-7-9)15-13(2,3)4/h9-10,15H,5-8H2,1-4H3,(H,14,17). The van der Waals surface area contributed by atoms with E-state index in [0.29, 0.717) is 12.5 Å². The van der Waals surface area contributed by atoms with E-state index in [2.05, 4.69) is 10.6 Å². The zero-order valence-electron chi connectivity index (χ0n) is 11.3. The lowest BCUT2D eigenvalue weighted by molar-refractivity contribution is -0.139. The van der Waals surface area contributed by atoms with Crippen LogP contribution in [0.2, 0.25) is 0 Å². The molecule has 1 rings (SSSR count). The van der Waals surface area contributed by atoms with Crippen molar-refractivity contribution in [1.29, 1.82) is 0 Å². The normalized spacial score (nSPS) is 17.6. The zero-order chi connectivity index (χ0) is 13.1. The number of ketones is 1. The Bertz CT molecular complexity index is 290. The smallest absolute Gasteiger partial charge is 0.289 e. The van der Waals surface area contributed by atoms with Crippen molar-refractivity contribution in [3.8, 4) is 0 Å². The van der Waals surface area contributed by atoms with Gasteiger partial charge in [-0.1, -0.05) is 12.8 Å². The molecule has 0 aliphatic heterocycles. The molecule has 0 saturated heterocycles. The molecule has 0 radical (unpaired) electrons. The Balaban J connectivity index is 2.60. The molecular formula is C13H24N2O2. The number of carbonyl (C=O) groups is 2. The van der Waals surface area contributed by atoms with Crippen molar-refractivity contribution in [2.75, 3.05) is 6.54 Å². The molecule has 4 nitrogen and oxygen atoms in total. The van der Waals surface area contributed by atoms with E-state index in [4.69, 9.17) is 0 Å². The van der Waals surface area contributed by atoms with Crippen LogP contribution in [0, 0.1) is 5.92 Å². The Morgan fingerprint density at radius 1 is 1.29 bits per heavy atom.